The molecule has 8 rings (SSSR count). The van der Waals surface area contributed by atoms with Crippen LogP contribution >= 0.6 is 0 Å². The topological polar surface area (TPSA) is 74.4 Å². The molecule has 1 aliphatic carbocycles. The molecule has 6 nitrogen and oxygen atoms in total. The Morgan fingerprint density at radius 1 is 1.16 bits per heavy atom. The fourth-order valence-electron chi connectivity index (χ4n) is 7.56. The van der Waals surface area contributed by atoms with Gasteiger partial charge >= 0.3 is 0 Å². The average molecular weight is 432 g/mol. The molecule has 2 N–H and O–H groups in total. The molecule has 2 amide bonds. The van der Waals surface area contributed by atoms with Crippen molar-refractivity contribution in [3.8, 4) is 5.75 Å². The van der Waals surface area contributed by atoms with Gasteiger partial charge in [-0.2, -0.15) is 0 Å². The zero-order chi connectivity index (χ0) is 22.3. The Morgan fingerprint density at radius 2 is 1.97 bits per heavy atom. The van der Waals surface area contributed by atoms with E-state index in [1.54, 1.807) is 0 Å². The third-order valence-electron chi connectivity index (χ3n) is 9.09. The number of rotatable bonds is 0. The maximum Gasteiger partial charge on any atom is 0.249 e. The molecule has 32 heavy (non-hydrogen) atoms. The lowest BCUT2D eigenvalue weighted by Crippen LogP contribution is -2.84. The Morgan fingerprint density at radius 3 is 2.78 bits per heavy atom. The minimum atomic E-state index is -0.848. The highest BCUT2D eigenvalue weighted by Crippen LogP contribution is 2.59. The summed E-state index contributed by atoms with van der Waals surface area (Å²) in [4.78, 5) is 32.9. The summed E-state index contributed by atoms with van der Waals surface area (Å²) in [5.41, 5.74) is 2.38. The number of aromatic amines is 1. The molecule has 6 heteroatoms. The van der Waals surface area contributed by atoms with Crippen molar-refractivity contribution in [3.05, 3.63) is 35.0 Å². The number of piperidine rings is 2. The fourth-order valence-corrected chi connectivity index (χ4v) is 7.56. The highest BCUT2D eigenvalue weighted by Gasteiger charge is 2.72. The van der Waals surface area contributed by atoms with Crippen molar-refractivity contribution >= 4 is 28.8 Å². The van der Waals surface area contributed by atoms with E-state index in [-0.39, 0.29) is 28.7 Å². The molecule has 5 aliphatic heterocycles. The Bertz CT molecular complexity index is 1280. The minimum Gasteiger partial charge on any atom is -0.483 e. The van der Waals surface area contributed by atoms with Gasteiger partial charge in [-0.25, -0.2) is 0 Å². The Labute approximate surface area is 187 Å². The van der Waals surface area contributed by atoms with Crippen LogP contribution in [0, 0.1) is 5.92 Å². The maximum atomic E-state index is 13.9. The van der Waals surface area contributed by atoms with Crippen molar-refractivity contribution in [1.82, 2.24) is 15.2 Å². The smallest absolute Gasteiger partial charge is 0.249 e. The summed E-state index contributed by atoms with van der Waals surface area (Å²) in [6.07, 6.45) is 7.22. The predicted octanol–water partition coefficient (Wildman–Crippen LogP) is 3.44. The van der Waals surface area contributed by atoms with E-state index in [9.17, 15) is 9.59 Å². The summed E-state index contributed by atoms with van der Waals surface area (Å²) in [5.74, 6) is 1.13. The average Bonchev–Trinajstić information content (AvgIpc) is 3.32. The number of carbonyl (C=O) groups excluding carboxylic acids is 2. The highest BCUT2D eigenvalue weighted by atomic mass is 16.5. The molecule has 2 bridgehead atoms. The lowest BCUT2D eigenvalue weighted by molar-refractivity contribution is -0.179. The molecule has 166 valence electrons. The number of benzene rings is 1. The summed E-state index contributed by atoms with van der Waals surface area (Å²) in [7, 11) is 0. The van der Waals surface area contributed by atoms with E-state index in [1.807, 2.05) is 11.0 Å². The van der Waals surface area contributed by atoms with Crippen LogP contribution in [-0.4, -0.2) is 44.9 Å². The number of fused-ring (bicyclic) bond motifs is 6. The van der Waals surface area contributed by atoms with Crippen LogP contribution in [0.5, 0.6) is 5.75 Å². The van der Waals surface area contributed by atoms with E-state index < -0.39 is 11.1 Å². The Hall–Kier alpha value is -2.76. The van der Waals surface area contributed by atoms with Gasteiger partial charge in [0, 0.05) is 40.9 Å². The summed E-state index contributed by atoms with van der Waals surface area (Å²) in [6.45, 7) is 9.29. The van der Waals surface area contributed by atoms with Gasteiger partial charge in [-0.15, -0.1) is 0 Å². The first-order valence-corrected chi connectivity index (χ1v) is 11.8. The largest absolute Gasteiger partial charge is 0.483 e. The number of aromatic nitrogens is 1. The van der Waals surface area contributed by atoms with Gasteiger partial charge in [0.25, 0.3) is 0 Å². The minimum absolute atomic E-state index is 0.0564. The van der Waals surface area contributed by atoms with Crippen LogP contribution in [0.1, 0.15) is 63.8 Å². The molecular weight excluding hydrogens is 402 g/mol. The monoisotopic (exact) mass is 431 g/mol. The normalized spacial score (nSPS) is 35.1. The lowest BCUT2D eigenvalue weighted by Gasteiger charge is -2.64. The SMILES string of the molecule is CC1(C)C=Cc2c(ccc3c4c([nH]c23)C(C)(C)[C@H]2C[C@]35CCCN3C(=O)[C@]2(C4)NC5=O)O1. The predicted molar refractivity (Wildman–Crippen MR) is 121 cm³/mol. The number of amides is 2. The number of nitrogens with zero attached hydrogens (tertiary/aromatic N) is 1. The van der Waals surface area contributed by atoms with Gasteiger partial charge in [-0.05, 0) is 63.0 Å². The molecule has 0 radical (unpaired) electrons. The van der Waals surface area contributed by atoms with Crippen molar-refractivity contribution in [2.45, 2.75) is 75.5 Å². The van der Waals surface area contributed by atoms with Crippen molar-refractivity contribution < 1.29 is 14.3 Å². The van der Waals surface area contributed by atoms with Crippen molar-refractivity contribution in [3.63, 3.8) is 0 Å². The van der Waals surface area contributed by atoms with Crippen molar-refractivity contribution in [1.29, 1.82) is 0 Å². The van der Waals surface area contributed by atoms with Gasteiger partial charge in [-0.3, -0.25) is 9.59 Å². The summed E-state index contributed by atoms with van der Waals surface area (Å²) >= 11 is 0. The second-order valence-electron chi connectivity index (χ2n) is 11.6. The van der Waals surface area contributed by atoms with Gasteiger partial charge in [0.05, 0.1) is 5.52 Å². The quantitative estimate of drug-likeness (QED) is 0.671. The zero-order valence-corrected chi connectivity index (χ0v) is 19.1. The van der Waals surface area contributed by atoms with Crippen LogP contribution in [-0.2, 0) is 21.4 Å². The number of H-pyrrole nitrogens is 1. The first kappa shape index (κ1) is 18.8. The second-order valence-corrected chi connectivity index (χ2v) is 11.6. The first-order valence-electron chi connectivity index (χ1n) is 11.8. The van der Waals surface area contributed by atoms with Crippen LogP contribution in [0.3, 0.4) is 0 Å². The summed E-state index contributed by atoms with van der Waals surface area (Å²) in [6, 6.07) is 4.16. The van der Waals surface area contributed by atoms with Crippen LogP contribution in [0.4, 0.5) is 0 Å². The molecule has 0 saturated carbocycles. The fraction of sp³-hybridized carbons (Fsp3) is 0.538. The first-order chi connectivity index (χ1) is 15.1. The van der Waals surface area contributed by atoms with Gasteiger partial charge < -0.3 is 19.9 Å². The molecular formula is C26H29N3O3. The number of ether oxygens (including phenoxy) is 1. The number of nitrogens with one attached hydrogen (secondary N) is 2. The number of carbonyl (C=O) groups is 2. The van der Waals surface area contributed by atoms with Crippen LogP contribution in [0.15, 0.2) is 18.2 Å². The molecule has 3 atom stereocenters. The molecule has 4 saturated heterocycles. The molecule has 2 aromatic rings. The third kappa shape index (κ3) is 1.90. The van der Waals surface area contributed by atoms with Gasteiger partial charge in [0.1, 0.15) is 22.4 Å². The number of hydrogen-bond acceptors (Lipinski definition) is 3. The Balaban J connectivity index is 1.46. The molecule has 2 spiro atoms. The molecule has 0 unspecified atom stereocenters. The molecule has 1 aromatic carbocycles. The van der Waals surface area contributed by atoms with E-state index in [2.05, 4.69) is 56.2 Å². The highest BCUT2D eigenvalue weighted by molar-refractivity contribution is 6.06. The zero-order valence-electron chi connectivity index (χ0n) is 19.1. The van der Waals surface area contributed by atoms with Crippen LogP contribution in [0.2, 0.25) is 0 Å². The summed E-state index contributed by atoms with van der Waals surface area (Å²) in [5, 5.41) is 4.41. The van der Waals surface area contributed by atoms with E-state index >= 15 is 0 Å². The molecule has 6 aliphatic rings. The number of piperazine rings is 1. The lowest BCUT2D eigenvalue weighted by atomic mass is 9.51. The standard InChI is InChI=1S/C26H29N3O3/c1-23(2)10-8-15-17(32-23)7-6-14-16-12-26-18(24(3,4)20(16)27-19(14)15)13-25(21(30)28-26)9-5-11-29(25)22(26)31/h6-8,10,18,27H,5,9,11-13H2,1-4H3,(H,28,30)/t18-,25+,26-/m1/s1. The van der Waals surface area contributed by atoms with E-state index in [1.165, 1.54) is 5.69 Å². The Kier molecular flexibility index (Phi) is 3.07. The van der Waals surface area contributed by atoms with Crippen molar-refractivity contribution in [2.75, 3.05) is 6.54 Å². The number of hydrogen-bond donors (Lipinski definition) is 2. The summed E-state index contributed by atoms with van der Waals surface area (Å²) < 4.78 is 6.21. The van der Waals surface area contributed by atoms with Gasteiger partial charge in [-0.1, -0.05) is 13.8 Å². The van der Waals surface area contributed by atoms with E-state index in [0.717, 1.165) is 47.0 Å². The second kappa shape index (κ2) is 5.24. The van der Waals surface area contributed by atoms with Gasteiger partial charge in [0.2, 0.25) is 11.8 Å². The molecule has 4 fully saturated rings. The molecule has 1 aromatic heterocycles. The van der Waals surface area contributed by atoms with Crippen LogP contribution in [0.25, 0.3) is 17.0 Å². The third-order valence-corrected chi connectivity index (χ3v) is 9.09. The molecule has 6 heterocycles. The van der Waals surface area contributed by atoms with E-state index in [0.29, 0.717) is 13.0 Å². The van der Waals surface area contributed by atoms with Crippen molar-refractivity contribution in [2.24, 2.45) is 5.92 Å². The maximum absolute atomic E-state index is 13.9. The van der Waals surface area contributed by atoms with E-state index in [4.69, 9.17) is 4.74 Å². The van der Waals surface area contributed by atoms with Crippen LogP contribution < -0.4 is 10.1 Å². The van der Waals surface area contributed by atoms with Gasteiger partial charge in [0.15, 0.2) is 0 Å².